The topological polar surface area (TPSA) is 38.7 Å². The molecule has 4 heteroatoms. The molecule has 84 valence electrons. The van der Waals surface area contributed by atoms with Crippen molar-refractivity contribution in [3.8, 4) is 5.75 Å². The number of rotatable bonds is 5. The van der Waals surface area contributed by atoms with Gasteiger partial charge in [0.2, 0.25) is 0 Å². The minimum absolute atomic E-state index is 0.0966. The first kappa shape index (κ1) is 12.3. The van der Waals surface area contributed by atoms with E-state index in [0.29, 0.717) is 23.8 Å². The molecule has 0 aliphatic heterocycles. The lowest BCUT2D eigenvalue weighted by Gasteiger charge is -2.11. The second-order valence-electron chi connectivity index (χ2n) is 3.16. The van der Waals surface area contributed by atoms with Gasteiger partial charge >= 0.3 is 0 Å². The molecule has 3 nitrogen and oxygen atoms in total. The lowest BCUT2D eigenvalue weighted by molar-refractivity contribution is 0.183. The maximum Gasteiger partial charge on any atom is 0.137 e. The highest BCUT2D eigenvalue weighted by atomic mass is 35.5. The molecule has 15 heavy (non-hydrogen) atoms. The summed E-state index contributed by atoms with van der Waals surface area (Å²) >= 11 is 5.99. The van der Waals surface area contributed by atoms with Crippen LogP contribution in [0.2, 0.25) is 5.02 Å². The van der Waals surface area contributed by atoms with Crippen LogP contribution in [0, 0.1) is 0 Å². The standard InChI is InChI=1S/C11H15ClO3/c1-14-7-9-6-11(15-2)10(12)5-8(9)3-4-13/h5-6,13H,3-4,7H2,1-2H3. The van der Waals surface area contributed by atoms with Crippen molar-refractivity contribution in [2.45, 2.75) is 13.0 Å². The summed E-state index contributed by atoms with van der Waals surface area (Å²) in [4.78, 5) is 0. The van der Waals surface area contributed by atoms with Crippen LogP contribution in [0.1, 0.15) is 11.1 Å². The molecule has 0 amide bonds. The van der Waals surface area contributed by atoms with Gasteiger partial charge in [0.05, 0.1) is 18.7 Å². The molecular formula is C11H15ClO3. The fourth-order valence-corrected chi connectivity index (χ4v) is 1.70. The summed E-state index contributed by atoms with van der Waals surface area (Å²) in [6.07, 6.45) is 0.572. The van der Waals surface area contributed by atoms with Gasteiger partial charge in [0, 0.05) is 13.7 Å². The van der Waals surface area contributed by atoms with E-state index in [1.54, 1.807) is 14.2 Å². The normalized spacial score (nSPS) is 10.4. The second-order valence-corrected chi connectivity index (χ2v) is 3.57. The molecule has 0 aliphatic carbocycles. The maximum atomic E-state index is 8.91. The number of hydrogen-bond acceptors (Lipinski definition) is 3. The van der Waals surface area contributed by atoms with Crippen molar-refractivity contribution >= 4 is 11.6 Å². The molecule has 1 N–H and O–H groups in total. The van der Waals surface area contributed by atoms with E-state index in [1.807, 2.05) is 12.1 Å². The van der Waals surface area contributed by atoms with Crippen LogP contribution in [0.4, 0.5) is 0 Å². The molecule has 0 saturated carbocycles. The highest BCUT2D eigenvalue weighted by Gasteiger charge is 2.08. The minimum atomic E-state index is 0.0966. The molecule has 0 fully saturated rings. The maximum absolute atomic E-state index is 8.91. The molecule has 0 spiro atoms. The molecule has 1 rings (SSSR count). The van der Waals surface area contributed by atoms with Crippen LogP contribution in [0.3, 0.4) is 0 Å². The van der Waals surface area contributed by atoms with Crippen LogP contribution < -0.4 is 4.74 Å². The Bertz CT molecular complexity index is 326. The van der Waals surface area contributed by atoms with Crippen LogP contribution in [-0.4, -0.2) is 25.9 Å². The van der Waals surface area contributed by atoms with E-state index in [-0.39, 0.29) is 6.61 Å². The molecule has 1 aromatic rings. The SMILES string of the molecule is COCc1cc(OC)c(Cl)cc1CCO. The van der Waals surface area contributed by atoms with E-state index >= 15 is 0 Å². The predicted octanol–water partition coefficient (Wildman–Crippen LogP) is 2.03. The third kappa shape index (κ3) is 3.09. The molecule has 0 unspecified atom stereocenters. The van der Waals surface area contributed by atoms with Crippen LogP contribution in [0.25, 0.3) is 0 Å². The van der Waals surface area contributed by atoms with Gasteiger partial charge in [-0.3, -0.25) is 0 Å². The minimum Gasteiger partial charge on any atom is -0.495 e. The number of ether oxygens (including phenoxy) is 2. The molecule has 0 heterocycles. The van der Waals surface area contributed by atoms with E-state index in [4.69, 9.17) is 26.2 Å². The van der Waals surface area contributed by atoms with Gasteiger partial charge in [-0.15, -0.1) is 0 Å². The summed E-state index contributed by atoms with van der Waals surface area (Å²) in [5.41, 5.74) is 1.98. The fraction of sp³-hybridized carbons (Fsp3) is 0.455. The van der Waals surface area contributed by atoms with Gasteiger partial charge in [0.25, 0.3) is 0 Å². The van der Waals surface area contributed by atoms with Crippen molar-refractivity contribution < 1.29 is 14.6 Å². The van der Waals surface area contributed by atoms with Crippen LogP contribution in [0.5, 0.6) is 5.75 Å². The zero-order chi connectivity index (χ0) is 11.3. The molecule has 0 saturated heterocycles. The predicted molar refractivity (Wildman–Crippen MR) is 59.5 cm³/mol. The van der Waals surface area contributed by atoms with E-state index in [1.165, 1.54) is 0 Å². The molecule has 0 bridgehead atoms. The van der Waals surface area contributed by atoms with E-state index in [0.717, 1.165) is 11.1 Å². The van der Waals surface area contributed by atoms with E-state index in [9.17, 15) is 0 Å². The second kappa shape index (κ2) is 5.95. The summed E-state index contributed by atoms with van der Waals surface area (Å²) in [5.74, 6) is 0.630. The monoisotopic (exact) mass is 230 g/mol. The lowest BCUT2D eigenvalue weighted by atomic mass is 10.0. The third-order valence-corrected chi connectivity index (χ3v) is 2.45. The molecule has 0 atom stereocenters. The van der Waals surface area contributed by atoms with Crippen LogP contribution >= 0.6 is 11.6 Å². The number of hydrogen-bond donors (Lipinski definition) is 1. The first-order chi connectivity index (χ1) is 7.22. The zero-order valence-electron chi connectivity index (χ0n) is 8.92. The Morgan fingerprint density at radius 1 is 1.27 bits per heavy atom. The van der Waals surface area contributed by atoms with Crippen molar-refractivity contribution in [3.63, 3.8) is 0 Å². The molecule has 0 aromatic heterocycles. The van der Waals surface area contributed by atoms with Crippen LogP contribution in [-0.2, 0) is 17.8 Å². The Balaban J connectivity index is 3.07. The first-order valence-electron chi connectivity index (χ1n) is 4.68. The van der Waals surface area contributed by atoms with Gasteiger partial charge in [-0.05, 0) is 29.7 Å². The third-order valence-electron chi connectivity index (χ3n) is 2.16. The Morgan fingerprint density at radius 2 is 2.00 bits per heavy atom. The van der Waals surface area contributed by atoms with Gasteiger partial charge in [-0.1, -0.05) is 11.6 Å². The number of aliphatic hydroxyl groups is 1. The van der Waals surface area contributed by atoms with Gasteiger partial charge in [-0.25, -0.2) is 0 Å². The Morgan fingerprint density at radius 3 is 2.53 bits per heavy atom. The molecular weight excluding hydrogens is 216 g/mol. The summed E-state index contributed by atoms with van der Waals surface area (Å²) in [6, 6.07) is 3.65. The Labute approximate surface area is 94.6 Å². The Kier molecular flexibility index (Phi) is 4.88. The van der Waals surface area contributed by atoms with Crippen molar-refractivity contribution in [1.82, 2.24) is 0 Å². The molecule has 0 aliphatic rings. The van der Waals surface area contributed by atoms with E-state index in [2.05, 4.69) is 0 Å². The van der Waals surface area contributed by atoms with Crippen LogP contribution in [0.15, 0.2) is 12.1 Å². The van der Waals surface area contributed by atoms with Crippen molar-refractivity contribution in [2.24, 2.45) is 0 Å². The van der Waals surface area contributed by atoms with Crippen molar-refractivity contribution in [2.75, 3.05) is 20.8 Å². The Hall–Kier alpha value is -0.770. The summed E-state index contributed by atoms with van der Waals surface area (Å²) in [5, 5.41) is 9.47. The summed E-state index contributed by atoms with van der Waals surface area (Å²) < 4.78 is 10.2. The quantitative estimate of drug-likeness (QED) is 0.841. The first-order valence-corrected chi connectivity index (χ1v) is 5.05. The highest BCUT2D eigenvalue weighted by molar-refractivity contribution is 6.32. The van der Waals surface area contributed by atoms with Crippen molar-refractivity contribution in [1.29, 1.82) is 0 Å². The average molecular weight is 231 g/mol. The fourth-order valence-electron chi connectivity index (χ4n) is 1.44. The molecule has 1 aromatic carbocycles. The summed E-state index contributed by atoms with van der Waals surface area (Å²) in [6.45, 7) is 0.586. The smallest absolute Gasteiger partial charge is 0.137 e. The van der Waals surface area contributed by atoms with Gasteiger partial charge < -0.3 is 14.6 Å². The van der Waals surface area contributed by atoms with Gasteiger partial charge in [0.15, 0.2) is 0 Å². The lowest BCUT2D eigenvalue weighted by Crippen LogP contribution is -2.00. The zero-order valence-corrected chi connectivity index (χ0v) is 9.67. The van der Waals surface area contributed by atoms with Gasteiger partial charge in [0.1, 0.15) is 5.75 Å². The summed E-state index contributed by atoms with van der Waals surface area (Å²) in [7, 11) is 3.20. The van der Waals surface area contributed by atoms with E-state index < -0.39 is 0 Å². The number of methoxy groups -OCH3 is 2. The number of benzene rings is 1. The highest BCUT2D eigenvalue weighted by Crippen LogP contribution is 2.28. The average Bonchev–Trinajstić information content (AvgIpc) is 2.22. The van der Waals surface area contributed by atoms with Crippen molar-refractivity contribution in [3.05, 3.63) is 28.3 Å². The number of halogens is 1. The van der Waals surface area contributed by atoms with Gasteiger partial charge in [-0.2, -0.15) is 0 Å². The number of aliphatic hydroxyl groups excluding tert-OH is 1. The molecule has 0 radical (unpaired) electrons. The largest absolute Gasteiger partial charge is 0.495 e.